The Labute approximate surface area is 112 Å². The Morgan fingerprint density at radius 3 is 1.44 bits per heavy atom. The third kappa shape index (κ3) is 46.8. The summed E-state index contributed by atoms with van der Waals surface area (Å²) in [6, 6.07) is 0. The lowest BCUT2D eigenvalue weighted by Gasteiger charge is -1.80. The van der Waals surface area contributed by atoms with Gasteiger partial charge in [0.15, 0.2) is 0 Å². The van der Waals surface area contributed by atoms with Gasteiger partial charge in [0.1, 0.15) is 11.6 Å². The number of ketones is 2. The van der Waals surface area contributed by atoms with Gasteiger partial charge in [-0.1, -0.05) is 38.2 Å². The third-order valence-electron chi connectivity index (χ3n) is 1.53. The third-order valence-corrected chi connectivity index (χ3v) is 1.53. The average molecular weight is 252 g/mol. The topological polar surface area (TPSA) is 34.1 Å². The van der Waals surface area contributed by atoms with Gasteiger partial charge in [-0.05, 0) is 26.7 Å². The molecule has 0 atom stereocenters. The van der Waals surface area contributed by atoms with E-state index in [0.29, 0.717) is 12.8 Å². The largest absolute Gasteiger partial charge is 0.300 e. The molecule has 2 heteroatoms. The second-order valence-electron chi connectivity index (χ2n) is 3.68. The molecular weight excluding hydrogens is 224 g/mol. The van der Waals surface area contributed by atoms with Crippen LogP contribution in [0.2, 0.25) is 0 Å². The lowest BCUT2D eigenvalue weighted by Crippen LogP contribution is -1.83. The molecule has 0 unspecified atom stereocenters. The average Bonchev–Trinajstić information content (AvgIpc) is 2.30. The van der Waals surface area contributed by atoms with Crippen molar-refractivity contribution < 1.29 is 9.59 Å². The first-order valence-corrected chi connectivity index (χ1v) is 6.31. The van der Waals surface area contributed by atoms with Gasteiger partial charge in [0.25, 0.3) is 0 Å². The monoisotopic (exact) mass is 252 g/mol. The molecule has 0 spiro atoms. The Hall–Kier alpha value is -1.44. The minimum atomic E-state index is 0.171. The van der Waals surface area contributed by atoms with Crippen LogP contribution in [0.4, 0.5) is 0 Å². The van der Waals surface area contributed by atoms with Gasteiger partial charge in [0.05, 0.1) is 0 Å². The van der Waals surface area contributed by atoms with Gasteiger partial charge < -0.3 is 0 Å². The van der Waals surface area contributed by atoms with Crippen molar-refractivity contribution in [2.45, 2.75) is 53.4 Å². The maximum absolute atomic E-state index is 10.3. The van der Waals surface area contributed by atoms with Crippen LogP contribution in [0.5, 0.6) is 0 Å². The smallest absolute Gasteiger partial charge is 0.133 e. The summed E-state index contributed by atoms with van der Waals surface area (Å²) in [5, 5.41) is 0. The number of rotatable bonds is 6. The van der Waals surface area contributed by atoms with Gasteiger partial charge in [-0.15, -0.1) is 13.2 Å². The number of carbonyl (C=O) groups excluding carboxylic acids is 2. The predicted octanol–water partition coefficient (Wildman–Crippen LogP) is 4.67. The van der Waals surface area contributed by atoms with Crippen LogP contribution in [0.3, 0.4) is 0 Å². The van der Waals surface area contributed by atoms with E-state index in [0.717, 1.165) is 12.8 Å². The van der Waals surface area contributed by atoms with Crippen LogP contribution in [-0.4, -0.2) is 11.6 Å². The van der Waals surface area contributed by atoms with Crippen LogP contribution in [0.1, 0.15) is 53.4 Å². The number of Topliss-reactive ketones (excluding diaryl/α,β-unsaturated/α-hetero) is 2. The molecule has 0 heterocycles. The summed E-state index contributed by atoms with van der Waals surface area (Å²) in [5.74, 6) is 0.403. The van der Waals surface area contributed by atoms with E-state index >= 15 is 0 Å². The van der Waals surface area contributed by atoms with Gasteiger partial charge in [-0.3, -0.25) is 9.59 Å². The van der Waals surface area contributed by atoms with Crippen LogP contribution in [-0.2, 0) is 9.59 Å². The number of carbonyl (C=O) groups is 2. The van der Waals surface area contributed by atoms with E-state index in [9.17, 15) is 9.59 Å². The SMILES string of the molecule is C=CCC.C=CCC(C)=O.CC/C=C\CC(C)=O. The fraction of sp³-hybridized carbons (Fsp3) is 0.500. The van der Waals surface area contributed by atoms with Crippen LogP contribution in [0.15, 0.2) is 37.5 Å². The van der Waals surface area contributed by atoms with Crippen LogP contribution in [0, 0.1) is 0 Å². The molecule has 104 valence electrons. The van der Waals surface area contributed by atoms with Crippen molar-refractivity contribution in [3.05, 3.63) is 37.5 Å². The van der Waals surface area contributed by atoms with Crippen molar-refractivity contribution >= 4 is 11.6 Å². The summed E-state index contributed by atoms with van der Waals surface area (Å²) in [4.78, 5) is 20.2. The highest BCUT2D eigenvalue weighted by atomic mass is 16.1. The molecule has 0 amide bonds. The molecule has 0 aliphatic rings. The zero-order valence-electron chi connectivity index (χ0n) is 12.4. The Morgan fingerprint density at radius 2 is 1.28 bits per heavy atom. The van der Waals surface area contributed by atoms with Crippen molar-refractivity contribution in [2.75, 3.05) is 0 Å². The lowest BCUT2D eigenvalue weighted by molar-refractivity contribution is -0.117. The minimum absolute atomic E-state index is 0.171. The highest BCUT2D eigenvalue weighted by Crippen LogP contribution is 1.86. The summed E-state index contributed by atoms with van der Waals surface area (Å²) in [7, 11) is 0. The molecule has 0 radical (unpaired) electrons. The second kappa shape index (κ2) is 20.9. The van der Waals surface area contributed by atoms with E-state index in [1.807, 2.05) is 18.2 Å². The summed E-state index contributed by atoms with van der Waals surface area (Å²) < 4.78 is 0. The first kappa shape index (κ1) is 21.8. The molecule has 0 fully saturated rings. The van der Waals surface area contributed by atoms with Crippen LogP contribution in [0.25, 0.3) is 0 Å². The van der Waals surface area contributed by atoms with Crippen molar-refractivity contribution in [3.8, 4) is 0 Å². The zero-order chi connectivity index (χ0) is 14.8. The van der Waals surface area contributed by atoms with Gasteiger partial charge in [0, 0.05) is 12.8 Å². The van der Waals surface area contributed by atoms with Gasteiger partial charge in [-0.25, -0.2) is 0 Å². The molecule has 0 saturated carbocycles. The van der Waals surface area contributed by atoms with Crippen LogP contribution < -0.4 is 0 Å². The molecular formula is C16H28O2. The molecule has 0 N–H and O–H groups in total. The normalized spacial score (nSPS) is 8.44. The minimum Gasteiger partial charge on any atom is -0.300 e. The first-order valence-electron chi connectivity index (χ1n) is 6.31. The Morgan fingerprint density at radius 1 is 0.833 bits per heavy atom. The highest BCUT2D eigenvalue weighted by Gasteiger charge is 1.82. The molecule has 0 aliphatic carbocycles. The second-order valence-corrected chi connectivity index (χ2v) is 3.68. The molecule has 0 bridgehead atoms. The van der Waals surface area contributed by atoms with E-state index in [1.54, 1.807) is 19.9 Å². The Balaban J connectivity index is -0.000000200. The van der Waals surface area contributed by atoms with Crippen molar-refractivity contribution in [3.63, 3.8) is 0 Å². The summed E-state index contributed by atoms with van der Waals surface area (Å²) in [6.07, 6.45) is 10.6. The fourth-order valence-corrected chi connectivity index (χ4v) is 0.619. The fourth-order valence-electron chi connectivity index (χ4n) is 0.619. The quantitative estimate of drug-likeness (QED) is 0.644. The molecule has 0 aromatic carbocycles. The highest BCUT2D eigenvalue weighted by molar-refractivity contribution is 5.77. The van der Waals surface area contributed by atoms with E-state index in [-0.39, 0.29) is 11.6 Å². The predicted molar refractivity (Wildman–Crippen MR) is 80.7 cm³/mol. The van der Waals surface area contributed by atoms with E-state index in [1.165, 1.54) is 0 Å². The van der Waals surface area contributed by atoms with Crippen molar-refractivity contribution in [1.29, 1.82) is 0 Å². The summed E-state index contributed by atoms with van der Waals surface area (Å²) in [6.45, 7) is 14.1. The molecule has 18 heavy (non-hydrogen) atoms. The molecule has 0 aliphatic heterocycles. The molecule has 0 rings (SSSR count). The van der Waals surface area contributed by atoms with Crippen LogP contribution >= 0.6 is 0 Å². The molecule has 0 aromatic heterocycles. The molecule has 0 aromatic rings. The van der Waals surface area contributed by atoms with Crippen molar-refractivity contribution in [1.82, 2.24) is 0 Å². The zero-order valence-corrected chi connectivity index (χ0v) is 12.4. The Bertz CT molecular complexity index is 250. The van der Waals surface area contributed by atoms with Crippen molar-refractivity contribution in [2.24, 2.45) is 0 Å². The standard InChI is InChI=1S/C7H12O.C5H8O.C4H8/c1-3-4-5-6-7(2)8;1-3-4-5(2)6;1-3-4-2/h4-5H,3,6H2,1-2H3;3H,1,4H2,2H3;3H,1,4H2,2H3/b5-4-;;. The Kier molecular flexibility index (Phi) is 25.3. The maximum atomic E-state index is 10.3. The first-order chi connectivity index (χ1) is 8.45. The summed E-state index contributed by atoms with van der Waals surface area (Å²) in [5.41, 5.74) is 0. The number of hydrogen-bond acceptors (Lipinski definition) is 2. The van der Waals surface area contributed by atoms with Gasteiger partial charge >= 0.3 is 0 Å². The summed E-state index contributed by atoms with van der Waals surface area (Å²) >= 11 is 0. The molecule has 0 saturated heterocycles. The number of allylic oxidation sites excluding steroid dienone is 4. The van der Waals surface area contributed by atoms with Gasteiger partial charge in [0.2, 0.25) is 0 Å². The van der Waals surface area contributed by atoms with Gasteiger partial charge in [-0.2, -0.15) is 0 Å². The van der Waals surface area contributed by atoms with E-state index in [2.05, 4.69) is 27.0 Å². The maximum Gasteiger partial charge on any atom is 0.133 e. The number of hydrogen-bond donors (Lipinski definition) is 0. The lowest BCUT2D eigenvalue weighted by atomic mass is 10.3. The molecule has 2 nitrogen and oxygen atoms in total. The van der Waals surface area contributed by atoms with E-state index < -0.39 is 0 Å². The van der Waals surface area contributed by atoms with E-state index in [4.69, 9.17) is 0 Å².